The first-order valence-electron chi connectivity index (χ1n) is 7.51. The van der Waals surface area contributed by atoms with Gasteiger partial charge in [-0.2, -0.15) is 0 Å². The molecule has 0 fully saturated rings. The van der Waals surface area contributed by atoms with Crippen LogP contribution in [0.1, 0.15) is 19.4 Å². The molecule has 0 bridgehead atoms. The normalized spacial score (nSPS) is 13.3. The van der Waals surface area contributed by atoms with E-state index in [4.69, 9.17) is 4.74 Å². The summed E-state index contributed by atoms with van der Waals surface area (Å²) in [6, 6.07) is 6.54. The number of rotatable bonds is 9. The first-order valence-corrected chi connectivity index (χ1v) is 10.2. The lowest BCUT2D eigenvalue weighted by Crippen LogP contribution is -2.41. The van der Waals surface area contributed by atoms with E-state index in [-0.39, 0.29) is 30.6 Å². The van der Waals surface area contributed by atoms with E-state index in [1.807, 2.05) is 23.6 Å². The summed E-state index contributed by atoms with van der Waals surface area (Å²) in [6.07, 6.45) is 0.0673. The second-order valence-electron chi connectivity index (χ2n) is 5.87. The zero-order valence-corrected chi connectivity index (χ0v) is 15.2. The summed E-state index contributed by atoms with van der Waals surface area (Å²) in [5.74, 6) is -0.514. The van der Waals surface area contributed by atoms with Gasteiger partial charge in [0.1, 0.15) is 0 Å². The standard InChI is InChI=1S/C16H21NO5S2/c1-12(2)22-8-15(17(19)11-18)10-24(20,21)9-13-3-4-16-14(7-13)5-6-23-16/h3-7,11-12,15,19H,8-10H2,1-2H3. The molecule has 0 saturated carbocycles. The predicted molar refractivity (Wildman–Crippen MR) is 93.9 cm³/mol. The maximum Gasteiger partial charge on any atom is 0.233 e. The van der Waals surface area contributed by atoms with Crippen molar-refractivity contribution in [1.82, 2.24) is 5.06 Å². The second kappa shape index (κ2) is 8.06. The van der Waals surface area contributed by atoms with Crippen LogP contribution in [-0.4, -0.2) is 49.6 Å². The molecule has 1 N–H and O–H groups in total. The summed E-state index contributed by atoms with van der Waals surface area (Å²) in [4.78, 5) is 10.8. The number of hydroxylamine groups is 2. The molecule has 2 aromatic rings. The Morgan fingerprint density at radius 2 is 2.08 bits per heavy atom. The molecule has 1 amide bonds. The zero-order chi connectivity index (χ0) is 17.7. The summed E-state index contributed by atoms with van der Waals surface area (Å²) < 4.78 is 31.3. The van der Waals surface area contributed by atoms with Gasteiger partial charge in [-0.15, -0.1) is 11.3 Å². The quantitative estimate of drug-likeness (QED) is 0.416. The Morgan fingerprint density at radius 1 is 1.33 bits per heavy atom. The van der Waals surface area contributed by atoms with Crippen molar-refractivity contribution >= 4 is 37.7 Å². The average molecular weight is 371 g/mol. The highest BCUT2D eigenvalue weighted by molar-refractivity contribution is 7.90. The number of carbonyl (C=O) groups is 1. The number of thiophene rings is 1. The number of fused-ring (bicyclic) bond motifs is 1. The number of ether oxygens (including phenoxy) is 1. The van der Waals surface area contributed by atoms with Gasteiger partial charge in [0.25, 0.3) is 0 Å². The van der Waals surface area contributed by atoms with Crippen molar-refractivity contribution in [1.29, 1.82) is 0 Å². The molecule has 1 heterocycles. The Kier molecular flexibility index (Phi) is 6.34. The Morgan fingerprint density at radius 3 is 2.75 bits per heavy atom. The van der Waals surface area contributed by atoms with Crippen LogP contribution in [0.2, 0.25) is 0 Å². The van der Waals surface area contributed by atoms with Crippen LogP contribution in [0.15, 0.2) is 29.6 Å². The summed E-state index contributed by atoms with van der Waals surface area (Å²) in [5, 5.41) is 12.9. The van der Waals surface area contributed by atoms with Crippen molar-refractivity contribution in [2.75, 3.05) is 12.4 Å². The molecule has 0 saturated heterocycles. The maximum absolute atomic E-state index is 12.4. The number of benzene rings is 1. The Balaban J connectivity index is 2.10. The van der Waals surface area contributed by atoms with Crippen molar-refractivity contribution in [3.8, 4) is 0 Å². The Labute approximate surface area is 145 Å². The molecule has 0 spiro atoms. The van der Waals surface area contributed by atoms with Crippen LogP contribution >= 0.6 is 11.3 Å². The molecule has 0 aliphatic heterocycles. The van der Waals surface area contributed by atoms with Crippen molar-refractivity contribution in [2.24, 2.45) is 0 Å². The summed E-state index contributed by atoms with van der Waals surface area (Å²) in [6.45, 7) is 3.55. The fraction of sp³-hybridized carbons (Fsp3) is 0.438. The number of amides is 1. The third-order valence-corrected chi connectivity index (χ3v) is 6.02. The molecule has 1 unspecified atom stereocenters. The number of carbonyl (C=O) groups excluding carboxylic acids is 1. The van der Waals surface area contributed by atoms with Gasteiger partial charge in [0.15, 0.2) is 9.84 Å². The highest BCUT2D eigenvalue weighted by atomic mass is 32.2. The molecule has 8 heteroatoms. The highest BCUT2D eigenvalue weighted by Crippen LogP contribution is 2.23. The second-order valence-corrected chi connectivity index (χ2v) is 8.93. The lowest BCUT2D eigenvalue weighted by Gasteiger charge is -2.23. The molecule has 1 atom stereocenters. The van der Waals surface area contributed by atoms with E-state index >= 15 is 0 Å². The van der Waals surface area contributed by atoms with E-state index in [9.17, 15) is 18.4 Å². The minimum absolute atomic E-state index is 0.0459. The summed E-state index contributed by atoms with van der Waals surface area (Å²) in [7, 11) is -3.53. The Bertz CT molecular complexity index is 785. The van der Waals surface area contributed by atoms with E-state index < -0.39 is 15.9 Å². The van der Waals surface area contributed by atoms with Crippen LogP contribution in [0.5, 0.6) is 0 Å². The third kappa shape index (κ3) is 5.27. The van der Waals surface area contributed by atoms with Gasteiger partial charge >= 0.3 is 0 Å². The molecular formula is C16H21NO5S2. The molecular weight excluding hydrogens is 350 g/mol. The van der Waals surface area contributed by atoms with Crippen LogP contribution in [0, 0.1) is 0 Å². The monoisotopic (exact) mass is 371 g/mol. The largest absolute Gasteiger partial charge is 0.377 e. The lowest BCUT2D eigenvalue weighted by molar-refractivity contribution is -0.164. The molecule has 1 aromatic carbocycles. The van der Waals surface area contributed by atoms with Gasteiger partial charge in [-0.1, -0.05) is 6.07 Å². The van der Waals surface area contributed by atoms with Crippen molar-refractivity contribution in [3.63, 3.8) is 0 Å². The average Bonchev–Trinajstić information content (AvgIpc) is 2.97. The number of sulfone groups is 1. The molecule has 0 radical (unpaired) electrons. The van der Waals surface area contributed by atoms with Gasteiger partial charge < -0.3 is 4.74 Å². The topological polar surface area (TPSA) is 83.9 Å². The SMILES string of the molecule is CC(C)OCC(CS(=O)(=O)Cc1ccc2sccc2c1)N(O)C=O. The van der Waals surface area contributed by atoms with Gasteiger partial charge in [0.2, 0.25) is 6.41 Å². The van der Waals surface area contributed by atoms with Crippen LogP contribution in [0.4, 0.5) is 0 Å². The van der Waals surface area contributed by atoms with Crippen LogP contribution in [0.25, 0.3) is 10.1 Å². The van der Waals surface area contributed by atoms with Crippen molar-refractivity contribution in [3.05, 3.63) is 35.2 Å². The Hall–Kier alpha value is -1.48. The molecule has 1 aromatic heterocycles. The molecule has 0 aliphatic carbocycles. The summed E-state index contributed by atoms with van der Waals surface area (Å²) in [5.41, 5.74) is 0.681. The number of hydrogen-bond acceptors (Lipinski definition) is 6. The van der Waals surface area contributed by atoms with E-state index in [0.717, 1.165) is 10.1 Å². The smallest absolute Gasteiger partial charge is 0.233 e. The fourth-order valence-corrected chi connectivity index (χ4v) is 4.71. The van der Waals surface area contributed by atoms with E-state index in [2.05, 4.69) is 0 Å². The van der Waals surface area contributed by atoms with Crippen LogP contribution < -0.4 is 0 Å². The first-order chi connectivity index (χ1) is 11.3. The lowest BCUT2D eigenvalue weighted by atomic mass is 10.2. The molecule has 2 rings (SSSR count). The molecule has 0 aliphatic rings. The minimum atomic E-state index is -3.53. The van der Waals surface area contributed by atoms with Crippen molar-refractivity contribution in [2.45, 2.75) is 31.7 Å². The number of nitrogens with zero attached hydrogens (tertiary/aromatic N) is 1. The van der Waals surface area contributed by atoms with Crippen molar-refractivity contribution < 1.29 is 23.2 Å². The van der Waals surface area contributed by atoms with E-state index in [1.165, 1.54) is 0 Å². The van der Waals surface area contributed by atoms with Gasteiger partial charge in [0, 0.05) is 4.70 Å². The molecule has 6 nitrogen and oxygen atoms in total. The van der Waals surface area contributed by atoms with Gasteiger partial charge in [0.05, 0.1) is 30.3 Å². The molecule has 24 heavy (non-hydrogen) atoms. The zero-order valence-electron chi connectivity index (χ0n) is 13.6. The molecule has 132 valence electrons. The van der Waals surface area contributed by atoms with Crippen LogP contribution in [0.3, 0.4) is 0 Å². The first kappa shape index (κ1) is 18.9. The van der Waals surface area contributed by atoms with Gasteiger partial charge in [-0.25, -0.2) is 13.5 Å². The van der Waals surface area contributed by atoms with E-state index in [1.54, 1.807) is 31.3 Å². The fourth-order valence-electron chi connectivity index (χ4n) is 2.30. The predicted octanol–water partition coefficient (Wildman–Crippen LogP) is 2.46. The third-order valence-electron chi connectivity index (χ3n) is 3.45. The number of hydrogen-bond donors (Lipinski definition) is 1. The minimum Gasteiger partial charge on any atom is -0.377 e. The van der Waals surface area contributed by atoms with Gasteiger partial charge in [-0.3, -0.25) is 10.0 Å². The maximum atomic E-state index is 12.4. The van der Waals surface area contributed by atoms with Crippen LogP contribution in [-0.2, 0) is 25.1 Å². The van der Waals surface area contributed by atoms with E-state index in [0.29, 0.717) is 10.6 Å². The summed E-state index contributed by atoms with van der Waals surface area (Å²) >= 11 is 1.60. The highest BCUT2D eigenvalue weighted by Gasteiger charge is 2.25. The van der Waals surface area contributed by atoms with Gasteiger partial charge in [-0.05, 0) is 48.4 Å².